The summed E-state index contributed by atoms with van der Waals surface area (Å²) >= 11 is 1.86. The van der Waals surface area contributed by atoms with E-state index in [4.69, 9.17) is 0 Å². The van der Waals surface area contributed by atoms with Crippen LogP contribution >= 0.6 is 11.3 Å². The maximum absolute atomic E-state index is 12.3. The van der Waals surface area contributed by atoms with E-state index in [-0.39, 0.29) is 18.4 Å². The zero-order chi connectivity index (χ0) is 18.8. The third-order valence-electron chi connectivity index (χ3n) is 5.77. The van der Waals surface area contributed by atoms with Gasteiger partial charge < -0.3 is 15.3 Å². The van der Waals surface area contributed by atoms with Crippen molar-refractivity contribution in [2.45, 2.75) is 44.4 Å². The topological polar surface area (TPSA) is 76.1 Å². The largest absolute Gasteiger partial charge is 0.394 e. The van der Waals surface area contributed by atoms with Crippen LogP contribution in [-0.2, 0) is 22.7 Å². The molecule has 3 aliphatic heterocycles. The predicted molar refractivity (Wildman–Crippen MR) is 103 cm³/mol. The third-order valence-corrected chi connectivity index (χ3v) is 6.83. The number of carbonyl (C=O) groups is 2. The van der Waals surface area contributed by atoms with Gasteiger partial charge in [0.2, 0.25) is 11.8 Å². The molecule has 148 valence electrons. The number of hydrogen-bond donors (Lipinski definition) is 2. The van der Waals surface area contributed by atoms with Crippen molar-refractivity contribution in [3.63, 3.8) is 0 Å². The van der Waals surface area contributed by atoms with Gasteiger partial charge >= 0.3 is 0 Å². The van der Waals surface area contributed by atoms with Crippen LogP contribution in [0.1, 0.15) is 29.0 Å². The lowest BCUT2D eigenvalue weighted by Gasteiger charge is -2.44. The van der Waals surface area contributed by atoms with Crippen LogP contribution in [0.25, 0.3) is 0 Å². The summed E-state index contributed by atoms with van der Waals surface area (Å²) < 4.78 is 0. The Balaban J connectivity index is 1.33. The lowest BCUT2D eigenvalue weighted by Crippen LogP contribution is -2.69. The van der Waals surface area contributed by atoms with Gasteiger partial charge in [-0.25, -0.2) is 0 Å². The second-order valence-electron chi connectivity index (χ2n) is 7.73. The molecule has 3 aliphatic rings. The van der Waals surface area contributed by atoms with Gasteiger partial charge in [0.05, 0.1) is 6.61 Å². The van der Waals surface area contributed by atoms with Gasteiger partial charge in [0, 0.05) is 42.5 Å². The minimum atomic E-state index is -0.782. The Morgan fingerprint density at radius 3 is 2.41 bits per heavy atom. The van der Waals surface area contributed by atoms with Crippen LogP contribution in [0.3, 0.4) is 0 Å². The molecule has 2 amide bonds. The molecular formula is C19H28N4O3S. The molecular weight excluding hydrogens is 364 g/mol. The highest BCUT2D eigenvalue weighted by Gasteiger charge is 2.43. The maximum Gasteiger partial charge on any atom is 0.248 e. The summed E-state index contributed by atoms with van der Waals surface area (Å²) in [5.41, 5.74) is 0. The zero-order valence-corrected chi connectivity index (χ0v) is 16.4. The number of nitrogens with zero attached hydrogens (tertiary/aromatic N) is 3. The number of thiophene rings is 1. The maximum atomic E-state index is 12.3. The standard InChI is InChI=1S/C19H28N4O3S/c24-13-16-19(26)23-9-8-22(12-17(23)18(25)20-16)11-15-5-4-14(27-15)10-21-6-2-1-3-7-21/h4-5,16-17,24H,1-3,6-13H2,(H,20,25)/t16-,17-/m1/s1. The average molecular weight is 393 g/mol. The molecule has 2 atom stereocenters. The first-order valence-electron chi connectivity index (χ1n) is 9.88. The van der Waals surface area contributed by atoms with Crippen molar-refractivity contribution in [1.82, 2.24) is 20.0 Å². The van der Waals surface area contributed by atoms with Gasteiger partial charge in [-0.05, 0) is 38.1 Å². The SMILES string of the molecule is O=C1N[C@H](CO)C(=O)N2CCN(Cc3ccc(CN4CCCCC4)s3)C[C@H]12. The lowest BCUT2D eigenvalue weighted by atomic mass is 10.0. The number of amides is 2. The van der Waals surface area contributed by atoms with Crippen LogP contribution in [0, 0.1) is 0 Å². The summed E-state index contributed by atoms with van der Waals surface area (Å²) in [6.45, 7) is 5.78. The Bertz CT molecular complexity index is 688. The van der Waals surface area contributed by atoms with Gasteiger partial charge in [-0.3, -0.25) is 19.4 Å². The quantitative estimate of drug-likeness (QED) is 0.751. The fraction of sp³-hybridized carbons (Fsp3) is 0.684. The molecule has 27 heavy (non-hydrogen) atoms. The molecule has 0 aromatic carbocycles. The fourth-order valence-corrected chi connectivity index (χ4v) is 5.38. The van der Waals surface area contributed by atoms with Gasteiger partial charge in [-0.1, -0.05) is 6.42 Å². The second kappa shape index (κ2) is 8.26. The Morgan fingerprint density at radius 1 is 1.00 bits per heavy atom. The van der Waals surface area contributed by atoms with Crippen LogP contribution in [0.4, 0.5) is 0 Å². The van der Waals surface area contributed by atoms with Crippen LogP contribution in [0.15, 0.2) is 12.1 Å². The normalized spacial score (nSPS) is 27.5. The van der Waals surface area contributed by atoms with Gasteiger partial charge in [0.1, 0.15) is 12.1 Å². The Morgan fingerprint density at radius 2 is 1.70 bits per heavy atom. The molecule has 3 saturated heterocycles. The fourth-order valence-electron chi connectivity index (χ4n) is 4.28. The van der Waals surface area contributed by atoms with Crippen LogP contribution in [-0.4, -0.2) is 83.0 Å². The molecule has 0 saturated carbocycles. The number of aliphatic hydroxyl groups is 1. The molecule has 1 aromatic heterocycles. The summed E-state index contributed by atoms with van der Waals surface area (Å²) in [7, 11) is 0. The number of rotatable bonds is 5. The van der Waals surface area contributed by atoms with Crippen LogP contribution in [0.5, 0.6) is 0 Å². The van der Waals surface area contributed by atoms with Crippen molar-refractivity contribution in [3.8, 4) is 0 Å². The number of nitrogens with one attached hydrogen (secondary N) is 1. The van der Waals surface area contributed by atoms with Gasteiger partial charge in [0.25, 0.3) is 0 Å². The summed E-state index contributed by atoms with van der Waals surface area (Å²) in [5.74, 6) is -0.322. The molecule has 0 aliphatic carbocycles. The van der Waals surface area contributed by atoms with Crippen molar-refractivity contribution >= 4 is 23.2 Å². The van der Waals surface area contributed by atoms with E-state index in [1.807, 2.05) is 11.3 Å². The third kappa shape index (κ3) is 4.18. The van der Waals surface area contributed by atoms with Gasteiger partial charge in [0.15, 0.2) is 0 Å². The molecule has 2 N–H and O–H groups in total. The molecule has 0 unspecified atom stereocenters. The van der Waals surface area contributed by atoms with Crippen LogP contribution in [0.2, 0.25) is 0 Å². The first-order valence-corrected chi connectivity index (χ1v) is 10.7. The molecule has 0 bridgehead atoms. The Hall–Kier alpha value is -1.48. The van der Waals surface area contributed by atoms with E-state index in [1.165, 1.54) is 42.1 Å². The number of fused-ring (bicyclic) bond motifs is 1. The second-order valence-corrected chi connectivity index (χ2v) is 8.98. The molecule has 7 nitrogen and oxygen atoms in total. The van der Waals surface area contributed by atoms with E-state index in [2.05, 4.69) is 27.2 Å². The van der Waals surface area contributed by atoms with E-state index >= 15 is 0 Å². The van der Waals surface area contributed by atoms with Crippen molar-refractivity contribution in [2.75, 3.05) is 39.3 Å². The molecule has 4 heterocycles. The Labute approximate surface area is 163 Å². The molecule has 3 fully saturated rings. The number of piperazine rings is 2. The van der Waals surface area contributed by atoms with E-state index in [0.29, 0.717) is 13.1 Å². The van der Waals surface area contributed by atoms with E-state index in [1.54, 1.807) is 4.90 Å². The summed E-state index contributed by atoms with van der Waals surface area (Å²) in [5, 5.41) is 11.9. The van der Waals surface area contributed by atoms with E-state index < -0.39 is 12.1 Å². The highest BCUT2D eigenvalue weighted by atomic mass is 32.1. The monoisotopic (exact) mass is 392 g/mol. The average Bonchev–Trinajstić information content (AvgIpc) is 3.12. The van der Waals surface area contributed by atoms with Crippen molar-refractivity contribution in [2.24, 2.45) is 0 Å². The van der Waals surface area contributed by atoms with E-state index in [9.17, 15) is 14.7 Å². The highest BCUT2D eigenvalue weighted by molar-refractivity contribution is 7.11. The molecule has 8 heteroatoms. The molecule has 4 rings (SSSR count). The van der Waals surface area contributed by atoms with Crippen molar-refractivity contribution in [1.29, 1.82) is 0 Å². The minimum Gasteiger partial charge on any atom is -0.394 e. The number of aliphatic hydroxyl groups excluding tert-OH is 1. The van der Waals surface area contributed by atoms with Gasteiger partial charge in [-0.15, -0.1) is 11.3 Å². The molecule has 0 radical (unpaired) electrons. The minimum absolute atomic E-state index is 0.157. The van der Waals surface area contributed by atoms with Crippen LogP contribution < -0.4 is 5.32 Å². The number of likely N-dealkylation sites (tertiary alicyclic amines) is 1. The van der Waals surface area contributed by atoms with E-state index in [0.717, 1.165) is 19.6 Å². The highest BCUT2D eigenvalue weighted by Crippen LogP contribution is 2.24. The molecule has 0 spiro atoms. The number of hydrogen-bond acceptors (Lipinski definition) is 6. The Kier molecular flexibility index (Phi) is 5.77. The summed E-state index contributed by atoms with van der Waals surface area (Å²) in [6.07, 6.45) is 3.97. The molecule has 1 aromatic rings. The lowest BCUT2D eigenvalue weighted by molar-refractivity contribution is -0.154. The smallest absolute Gasteiger partial charge is 0.248 e. The summed E-state index contributed by atoms with van der Waals surface area (Å²) in [4.78, 5) is 33.8. The first kappa shape index (κ1) is 18.9. The number of piperidine rings is 1. The van der Waals surface area contributed by atoms with Crippen molar-refractivity contribution in [3.05, 3.63) is 21.9 Å². The predicted octanol–water partition coefficient (Wildman–Crippen LogP) is 0.238. The van der Waals surface area contributed by atoms with Crippen molar-refractivity contribution < 1.29 is 14.7 Å². The first-order chi connectivity index (χ1) is 13.1. The van der Waals surface area contributed by atoms with Gasteiger partial charge in [-0.2, -0.15) is 0 Å². The zero-order valence-electron chi connectivity index (χ0n) is 15.6. The number of carbonyl (C=O) groups excluding carboxylic acids is 2. The summed E-state index contributed by atoms with van der Waals surface area (Å²) in [6, 6.07) is 3.20.